The number of halogens is 1. The van der Waals surface area contributed by atoms with Gasteiger partial charge in [0.25, 0.3) is 0 Å². The first-order valence-electron chi connectivity index (χ1n) is 6.95. The largest absolute Gasteiger partial charge is 0.357 e. The minimum atomic E-state index is 0.559. The lowest BCUT2D eigenvalue weighted by atomic mass is 10.1. The van der Waals surface area contributed by atoms with Gasteiger partial charge in [-0.3, -0.25) is 0 Å². The van der Waals surface area contributed by atoms with Crippen molar-refractivity contribution >= 4 is 17.4 Å². The van der Waals surface area contributed by atoms with Crippen molar-refractivity contribution < 1.29 is 0 Å². The third kappa shape index (κ3) is 4.16. The number of aromatic nitrogens is 1. The maximum Gasteiger partial charge on any atom is 0.129 e. The van der Waals surface area contributed by atoms with Crippen LogP contribution in [0.1, 0.15) is 45.4 Å². The molecule has 2 nitrogen and oxygen atoms in total. The number of rotatable bonds is 7. The third-order valence-corrected chi connectivity index (χ3v) is 3.68. The van der Waals surface area contributed by atoms with Gasteiger partial charge >= 0.3 is 0 Å². The van der Waals surface area contributed by atoms with Crippen LogP contribution in [0.25, 0.3) is 0 Å². The Kier molecular flexibility index (Phi) is 6.48. The van der Waals surface area contributed by atoms with Gasteiger partial charge in [0.1, 0.15) is 5.82 Å². The number of nitrogens with zero attached hydrogens (tertiary/aromatic N) is 2. The molecule has 0 saturated heterocycles. The summed E-state index contributed by atoms with van der Waals surface area (Å²) in [5, 5.41) is 0. The van der Waals surface area contributed by atoms with Gasteiger partial charge in [-0.15, -0.1) is 11.6 Å². The van der Waals surface area contributed by atoms with Gasteiger partial charge in [0, 0.05) is 24.7 Å². The highest BCUT2D eigenvalue weighted by Gasteiger charge is 2.11. The Labute approximate surface area is 116 Å². The third-order valence-electron chi connectivity index (χ3n) is 3.38. The number of alkyl halides is 1. The summed E-state index contributed by atoms with van der Waals surface area (Å²) in [5.74, 6) is 2.33. The van der Waals surface area contributed by atoms with Crippen molar-refractivity contribution in [2.75, 3.05) is 18.0 Å². The lowest BCUT2D eigenvalue weighted by Crippen LogP contribution is -2.29. The molecule has 1 unspecified atom stereocenters. The minimum Gasteiger partial charge on any atom is -0.357 e. The van der Waals surface area contributed by atoms with Crippen LogP contribution in [-0.2, 0) is 12.3 Å². The Bertz CT molecular complexity index is 343. The summed E-state index contributed by atoms with van der Waals surface area (Å²) < 4.78 is 0. The number of hydrogen-bond acceptors (Lipinski definition) is 2. The molecular weight excluding hydrogens is 244 g/mol. The molecule has 0 spiro atoms. The fourth-order valence-corrected chi connectivity index (χ4v) is 2.10. The smallest absolute Gasteiger partial charge is 0.129 e. The molecule has 1 atom stereocenters. The first-order chi connectivity index (χ1) is 8.64. The highest BCUT2D eigenvalue weighted by molar-refractivity contribution is 6.17. The minimum absolute atomic E-state index is 0.559. The fourth-order valence-electron chi connectivity index (χ4n) is 1.94. The molecule has 0 amide bonds. The predicted octanol–water partition coefficient (Wildman–Crippen LogP) is 4.26. The summed E-state index contributed by atoms with van der Waals surface area (Å²) in [6.45, 7) is 10.9. The Morgan fingerprint density at radius 2 is 2.00 bits per heavy atom. The quantitative estimate of drug-likeness (QED) is 0.687. The van der Waals surface area contributed by atoms with Gasteiger partial charge < -0.3 is 4.90 Å². The molecule has 0 aliphatic carbocycles. The predicted molar refractivity (Wildman–Crippen MR) is 80.5 cm³/mol. The van der Waals surface area contributed by atoms with Gasteiger partial charge in [0.2, 0.25) is 0 Å². The SMILES string of the molecule is CCc1cc(CCl)cc(N(CC)CC(C)CC)n1. The van der Waals surface area contributed by atoms with Gasteiger partial charge in [-0.1, -0.05) is 27.2 Å². The van der Waals surface area contributed by atoms with E-state index in [9.17, 15) is 0 Å². The van der Waals surface area contributed by atoms with E-state index in [1.165, 1.54) is 12.0 Å². The van der Waals surface area contributed by atoms with E-state index in [4.69, 9.17) is 16.6 Å². The lowest BCUT2D eigenvalue weighted by molar-refractivity contribution is 0.545. The van der Waals surface area contributed by atoms with Crippen molar-refractivity contribution in [2.24, 2.45) is 5.92 Å². The Morgan fingerprint density at radius 1 is 1.28 bits per heavy atom. The Morgan fingerprint density at radius 3 is 2.50 bits per heavy atom. The molecule has 0 aromatic carbocycles. The zero-order valence-electron chi connectivity index (χ0n) is 12.0. The molecule has 1 rings (SSSR count). The summed E-state index contributed by atoms with van der Waals surface area (Å²) in [6, 6.07) is 4.23. The van der Waals surface area contributed by atoms with Gasteiger partial charge in [0.05, 0.1) is 0 Å². The molecule has 3 heteroatoms. The normalized spacial score (nSPS) is 12.5. The van der Waals surface area contributed by atoms with Crippen molar-refractivity contribution in [1.29, 1.82) is 0 Å². The molecule has 0 N–H and O–H groups in total. The van der Waals surface area contributed by atoms with Crippen molar-refractivity contribution in [2.45, 2.75) is 46.4 Å². The first kappa shape index (κ1) is 15.3. The van der Waals surface area contributed by atoms with Crippen molar-refractivity contribution in [3.63, 3.8) is 0 Å². The van der Waals surface area contributed by atoms with Crippen LogP contribution in [0.15, 0.2) is 12.1 Å². The molecule has 18 heavy (non-hydrogen) atoms. The zero-order chi connectivity index (χ0) is 13.5. The van der Waals surface area contributed by atoms with Gasteiger partial charge in [-0.05, 0) is 37.0 Å². The maximum atomic E-state index is 5.96. The topological polar surface area (TPSA) is 16.1 Å². The molecule has 0 saturated carbocycles. The van der Waals surface area contributed by atoms with E-state index in [-0.39, 0.29) is 0 Å². The molecule has 0 aliphatic heterocycles. The van der Waals surface area contributed by atoms with Crippen LogP contribution in [0, 0.1) is 5.92 Å². The maximum absolute atomic E-state index is 5.96. The summed E-state index contributed by atoms with van der Waals surface area (Å²) in [6.07, 6.45) is 2.16. The molecular formula is C15H25ClN2. The Hall–Kier alpha value is -0.760. The molecule has 1 aromatic heterocycles. The van der Waals surface area contributed by atoms with Crippen LogP contribution in [0.2, 0.25) is 0 Å². The van der Waals surface area contributed by atoms with E-state index in [0.29, 0.717) is 11.8 Å². The number of hydrogen-bond donors (Lipinski definition) is 0. The van der Waals surface area contributed by atoms with Crippen LogP contribution in [0.5, 0.6) is 0 Å². The molecule has 0 aliphatic rings. The second kappa shape index (κ2) is 7.63. The van der Waals surface area contributed by atoms with Crippen molar-refractivity contribution in [1.82, 2.24) is 4.98 Å². The van der Waals surface area contributed by atoms with E-state index in [1.807, 2.05) is 0 Å². The highest BCUT2D eigenvalue weighted by Crippen LogP contribution is 2.19. The Balaban J connectivity index is 2.96. The van der Waals surface area contributed by atoms with Gasteiger partial charge in [-0.2, -0.15) is 0 Å². The molecule has 1 aromatic rings. The number of anilines is 1. The van der Waals surface area contributed by atoms with Gasteiger partial charge in [-0.25, -0.2) is 4.98 Å². The van der Waals surface area contributed by atoms with Crippen LogP contribution in [0.3, 0.4) is 0 Å². The molecule has 0 fully saturated rings. The van der Waals surface area contributed by atoms with E-state index < -0.39 is 0 Å². The van der Waals surface area contributed by atoms with E-state index in [0.717, 1.165) is 31.0 Å². The summed E-state index contributed by atoms with van der Waals surface area (Å²) in [7, 11) is 0. The standard InChI is InChI=1S/C15H25ClN2/c1-5-12(4)11-18(7-3)15-9-13(10-16)8-14(6-2)17-15/h8-9,12H,5-7,10-11H2,1-4H3. The number of pyridine rings is 1. The van der Waals surface area contributed by atoms with E-state index in [1.54, 1.807) is 0 Å². The molecule has 102 valence electrons. The highest BCUT2D eigenvalue weighted by atomic mass is 35.5. The van der Waals surface area contributed by atoms with Crippen LogP contribution < -0.4 is 4.90 Å². The summed E-state index contributed by atoms with van der Waals surface area (Å²) in [4.78, 5) is 7.08. The van der Waals surface area contributed by atoms with E-state index in [2.05, 4.69) is 44.7 Å². The van der Waals surface area contributed by atoms with Gasteiger partial charge in [0.15, 0.2) is 0 Å². The molecule has 0 radical (unpaired) electrons. The molecule has 0 bridgehead atoms. The van der Waals surface area contributed by atoms with E-state index >= 15 is 0 Å². The average Bonchev–Trinajstić information content (AvgIpc) is 2.43. The fraction of sp³-hybridized carbons (Fsp3) is 0.667. The van der Waals surface area contributed by atoms with Crippen LogP contribution >= 0.6 is 11.6 Å². The lowest BCUT2D eigenvalue weighted by Gasteiger charge is -2.26. The molecule has 1 heterocycles. The van der Waals surface area contributed by atoms with Crippen LogP contribution in [-0.4, -0.2) is 18.1 Å². The monoisotopic (exact) mass is 268 g/mol. The van der Waals surface area contributed by atoms with Crippen LogP contribution in [0.4, 0.5) is 5.82 Å². The first-order valence-corrected chi connectivity index (χ1v) is 7.48. The average molecular weight is 269 g/mol. The second-order valence-electron chi connectivity index (χ2n) is 4.86. The zero-order valence-corrected chi connectivity index (χ0v) is 12.8. The summed E-state index contributed by atoms with van der Waals surface area (Å²) >= 11 is 5.96. The van der Waals surface area contributed by atoms with Crippen molar-refractivity contribution in [3.8, 4) is 0 Å². The second-order valence-corrected chi connectivity index (χ2v) is 5.13. The van der Waals surface area contributed by atoms with Crippen molar-refractivity contribution in [3.05, 3.63) is 23.4 Å². The summed E-state index contributed by atoms with van der Waals surface area (Å²) in [5.41, 5.74) is 2.30. The number of aryl methyl sites for hydroxylation is 1.